The fourth-order valence-corrected chi connectivity index (χ4v) is 3.32. The van der Waals surface area contributed by atoms with Gasteiger partial charge in [0, 0.05) is 29.0 Å². The Labute approximate surface area is 128 Å². The van der Waals surface area contributed by atoms with Crippen molar-refractivity contribution in [1.29, 1.82) is 0 Å². The molecule has 1 aromatic carbocycles. The number of nitrogens with one attached hydrogen (secondary N) is 1. The molecular formula is C17H17N3S. The van der Waals surface area contributed by atoms with Crippen LogP contribution in [0.15, 0.2) is 36.5 Å². The number of pyridine rings is 1. The van der Waals surface area contributed by atoms with E-state index in [9.17, 15) is 0 Å². The van der Waals surface area contributed by atoms with Crippen molar-refractivity contribution in [2.75, 3.05) is 0 Å². The molecule has 1 N–H and O–H groups in total. The summed E-state index contributed by atoms with van der Waals surface area (Å²) in [6.45, 7) is 3.06. The molecule has 0 atom stereocenters. The smallest absolute Gasteiger partial charge is 0.142 e. The number of para-hydroxylation sites is 1. The average molecular weight is 295 g/mol. The van der Waals surface area contributed by atoms with Crippen molar-refractivity contribution in [3.8, 4) is 10.7 Å². The summed E-state index contributed by atoms with van der Waals surface area (Å²) >= 11 is 1.74. The highest BCUT2D eigenvalue weighted by atomic mass is 32.1. The molecule has 21 heavy (non-hydrogen) atoms. The van der Waals surface area contributed by atoms with E-state index < -0.39 is 0 Å². The monoisotopic (exact) mass is 295 g/mol. The van der Waals surface area contributed by atoms with Gasteiger partial charge in [-0.25, -0.2) is 9.97 Å². The van der Waals surface area contributed by atoms with Crippen LogP contribution in [-0.4, -0.2) is 16.0 Å². The van der Waals surface area contributed by atoms with Gasteiger partial charge in [0.2, 0.25) is 0 Å². The van der Waals surface area contributed by atoms with Crippen molar-refractivity contribution in [1.82, 2.24) is 15.3 Å². The van der Waals surface area contributed by atoms with Crippen LogP contribution in [0, 0.1) is 6.92 Å². The molecule has 4 rings (SSSR count). The van der Waals surface area contributed by atoms with E-state index in [1.54, 1.807) is 11.3 Å². The van der Waals surface area contributed by atoms with Gasteiger partial charge in [0.05, 0.1) is 11.2 Å². The fourth-order valence-electron chi connectivity index (χ4n) is 2.50. The molecule has 0 amide bonds. The van der Waals surface area contributed by atoms with Gasteiger partial charge in [-0.15, -0.1) is 11.3 Å². The Balaban J connectivity index is 1.65. The third-order valence-corrected chi connectivity index (χ3v) is 4.86. The lowest BCUT2D eigenvalue weighted by molar-refractivity contribution is 0.694. The van der Waals surface area contributed by atoms with Crippen molar-refractivity contribution >= 4 is 22.2 Å². The van der Waals surface area contributed by atoms with E-state index >= 15 is 0 Å². The molecule has 1 aliphatic rings. The Morgan fingerprint density at radius 2 is 2.14 bits per heavy atom. The van der Waals surface area contributed by atoms with Crippen LogP contribution in [0.4, 0.5) is 0 Å². The molecule has 3 nitrogen and oxygen atoms in total. The van der Waals surface area contributed by atoms with Gasteiger partial charge in [-0.1, -0.05) is 18.2 Å². The predicted octanol–water partition coefficient (Wildman–Crippen LogP) is 3.92. The molecule has 2 heterocycles. The van der Waals surface area contributed by atoms with Crippen molar-refractivity contribution < 1.29 is 0 Å². The Morgan fingerprint density at radius 1 is 1.29 bits per heavy atom. The fraction of sp³-hybridized carbons (Fsp3) is 0.294. The maximum absolute atomic E-state index is 4.75. The summed E-state index contributed by atoms with van der Waals surface area (Å²) in [6.07, 6.45) is 4.61. The molecule has 4 heteroatoms. The summed E-state index contributed by atoms with van der Waals surface area (Å²) in [5.74, 6) is 0. The van der Waals surface area contributed by atoms with Gasteiger partial charge in [0.1, 0.15) is 5.01 Å². The molecule has 1 aliphatic carbocycles. The van der Waals surface area contributed by atoms with Crippen LogP contribution in [0.5, 0.6) is 0 Å². The Bertz CT molecular complexity index is 790. The van der Waals surface area contributed by atoms with Gasteiger partial charge in [-0.2, -0.15) is 0 Å². The zero-order chi connectivity index (χ0) is 14.2. The molecule has 106 valence electrons. The highest BCUT2D eigenvalue weighted by molar-refractivity contribution is 7.15. The molecule has 0 radical (unpaired) electrons. The maximum Gasteiger partial charge on any atom is 0.142 e. The van der Waals surface area contributed by atoms with Gasteiger partial charge >= 0.3 is 0 Å². The van der Waals surface area contributed by atoms with E-state index in [1.165, 1.54) is 28.7 Å². The van der Waals surface area contributed by atoms with Gasteiger partial charge in [0.15, 0.2) is 0 Å². The first-order chi connectivity index (χ1) is 10.3. The Kier molecular flexibility index (Phi) is 3.20. The summed E-state index contributed by atoms with van der Waals surface area (Å²) < 4.78 is 0. The average Bonchev–Trinajstić information content (AvgIpc) is 3.21. The largest absolute Gasteiger partial charge is 0.309 e. The van der Waals surface area contributed by atoms with E-state index in [0.717, 1.165) is 28.8 Å². The number of hydrogen-bond acceptors (Lipinski definition) is 4. The summed E-state index contributed by atoms with van der Waals surface area (Å²) in [5, 5.41) is 5.76. The van der Waals surface area contributed by atoms with E-state index in [-0.39, 0.29) is 0 Å². The number of aromatic nitrogens is 2. The minimum absolute atomic E-state index is 0.733. The molecule has 2 aromatic heterocycles. The molecule has 3 aromatic rings. The predicted molar refractivity (Wildman–Crippen MR) is 87.4 cm³/mol. The molecule has 1 fully saturated rings. The quantitative estimate of drug-likeness (QED) is 0.793. The van der Waals surface area contributed by atoms with Crippen molar-refractivity contribution in [3.05, 3.63) is 47.0 Å². The number of aryl methyl sites for hydroxylation is 1. The van der Waals surface area contributed by atoms with Gasteiger partial charge in [-0.05, 0) is 37.5 Å². The second-order valence-corrected chi connectivity index (χ2v) is 6.74. The van der Waals surface area contributed by atoms with E-state index in [2.05, 4.69) is 41.5 Å². The number of fused-ring (bicyclic) bond motifs is 1. The number of rotatable bonds is 4. The summed E-state index contributed by atoms with van der Waals surface area (Å²) in [6, 6.07) is 11.1. The third-order valence-electron chi connectivity index (χ3n) is 3.84. The topological polar surface area (TPSA) is 37.8 Å². The van der Waals surface area contributed by atoms with Crippen LogP contribution in [0.25, 0.3) is 21.6 Å². The molecule has 0 unspecified atom stereocenters. The van der Waals surface area contributed by atoms with Gasteiger partial charge in [0.25, 0.3) is 0 Å². The van der Waals surface area contributed by atoms with Crippen LogP contribution >= 0.6 is 11.3 Å². The van der Waals surface area contributed by atoms with Crippen LogP contribution in [0.3, 0.4) is 0 Å². The Morgan fingerprint density at radius 3 is 3.00 bits per heavy atom. The number of hydrogen-bond donors (Lipinski definition) is 1. The molecule has 0 bridgehead atoms. The second kappa shape index (κ2) is 5.20. The first-order valence-electron chi connectivity index (χ1n) is 7.34. The van der Waals surface area contributed by atoms with Gasteiger partial charge < -0.3 is 5.32 Å². The SMILES string of the molecule is Cc1cc(-c2ncc(CNC3CC3)s2)nc2ccccc12. The van der Waals surface area contributed by atoms with Crippen LogP contribution in [-0.2, 0) is 6.54 Å². The van der Waals surface area contributed by atoms with E-state index in [4.69, 9.17) is 4.98 Å². The third kappa shape index (κ3) is 2.69. The van der Waals surface area contributed by atoms with Crippen LogP contribution in [0.2, 0.25) is 0 Å². The number of nitrogens with zero attached hydrogens (tertiary/aromatic N) is 2. The first-order valence-corrected chi connectivity index (χ1v) is 8.16. The summed E-state index contributed by atoms with van der Waals surface area (Å²) in [7, 11) is 0. The second-order valence-electron chi connectivity index (χ2n) is 5.63. The van der Waals surface area contributed by atoms with Crippen LogP contribution < -0.4 is 5.32 Å². The summed E-state index contributed by atoms with van der Waals surface area (Å²) in [4.78, 5) is 10.6. The lowest BCUT2D eigenvalue weighted by Crippen LogP contribution is -2.14. The molecule has 0 aliphatic heterocycles. The number of benzene rings is 1. The minimum Gasteiger partial charge on any atom is -0.309 e. The summed E-state index contributed by atoms with van der Waals surface area (Å²) in [5.41, 5.74) is 3.28. The van der Waals surface area contributed by atoms with E-state index in [1.807, 2.05) is 12.3 Å². The lowest BCUT2D eigenvalue weighted by atomic mass is 10.1. The Hall–Kier alpha value is -1.78. The first kappa shape index (κ1) is 12.9. The van der Waals surface area contributed by atoms with Crippen molar-refractivity contribution in [3.63, 3.8) is 0 Å². The normalized spacial score (nSPS) is 14.7. The minimum atomic E-state index is 0.733. The highest BCUT2D eigenvalue weighted by Crippen LogP contribution is 2.28. The highest BCUT2D eigenvalue weighted by Gasteiger charge is 2.20. The van der Waals surface area contributed by atoms with E-state index in [0.29, 0.717) is 0 Å². The van der Waals surface area contributed by atoms with Crippen LogP contribution in [0.1, 0.15) is 23.3 Å². The maximum atomic E-state index is 4.75. The zero-order valence-corrected chi connectivity index (χ0v) is 12.8. The van der Waals surface area contributed by atoms with Crippen molar-refractivity contribution in [2.24, 2.45) is 0 Å². The number of thiazole rings is 1. The standard InChI is InChI=1S/C17H17N3S/c1-11-8-16(20-15-5-3-2-4-14(11)15)17-19-10-13(21-17)9-18-12-6-7-12/h2-5,8,10,12,18H,6-7,9H2,1H3. The molecule has 1 saturated carbocycles. The molecular weight excluding hydrogens is 278 g/mol. The molecule has 0 spiro atoms. The molecule has 0 saturated heterocycles. The van der Waals surface area contributed by atoms with Crippen molar-refractivity contribution in [2.45, 2.75) is 32.4 Å². The van der Waals surface area contributed by atoms with Gasteiger partial charge in [-0.3, -0.25) is 0 Å². The lowest BCUT2D eigenvalue weighted by Gasteiger charge is -2.04. The zero-order valence-electron chi connectivity index (χ0n) is 12.0.